The van der Waals surface area contributed by atoms with E-state index in [9.17, 15) is 8.42 Å². The van der Waals surface area contributed by atoms with E-state index in [1.807, 2.05) is 31.2 Å². The highest BCUT2D eigenvalue weighted by molar-refractivity contribution is 7.92. The maximum Gasteiger partial charge on any atom is 0.182 e. The highest BCUT2D eigenvalue weighted by Gasteiger charge is 2.70. The SMILES string of the molecule is CCOC[C@]1(CN)[C@H](c2ccc(OC)cc2)[C@H]1S(=O)(=O)c1ccc(Cl)cc1. The first-order valence-corrected chi connectivity index (χ1v) is 10.7. The maximum absolute atomic E-state index is 13.4. The summed E-state index contributed by atoms with van der Waals surface area (Å²) >= 11 is 5.92. The van der Waals surface area contributed by atoms with Gasteiger partial charge in [0.15, 0.2) is 9.84 Å². The summed E-state index contributed by atoms with van der Waals surface area (Å²) in [5, 5.41) is -0.146. The van der Waals surface area contributed by atoms with Gasteiger partial charge in [0.25, 0.3) is 0 Å². The average molecular weight is 410 g/mol. The molecule has 0 bridgehead atoms. The van der Waals surface area contributed by atoms with E-state index in [1.165, 1.54) is 0 Å². The van der Waals surface area contributed by atoms with Crippen LogP contribution >= 0.6 is 11.6 Å². The van der Waals surface area contributed by atoms with Crippen molar-refractivity contribution in [2.24, 2.45) is 11.1 Å². The standard InChI is InChI=1S/C20H24ClNO4S/c1-3-26-13-20(12-22)18(14-4-8-16(25-2)9-5-14)19(20)27(23,24)17-10-6-15(21)7-11-17/h4-11,18-19H,3,12-13,22H2,1-2H3/t18-,19-,20-/m1/s1. The summed E-state index contributed by atoms with van der Waals surface area (Å²) in [5.41, 5.74) is 6.36. The molecule has 146 valence electrons. The van der Waals surface area contributed by atoms with Crippen molar-refractivity contribution in [3.8, 4) is 5.75 Å². The largest absolute Gasteiger partial charge is 0.497 e. The fourth-order valence-corrected chi connectivity index (χ4v) is 6.37. The topological polar surface area (TPSA) is 78.6 Å². The molecule has 7 heteroatoms. The van der Waals surface area contributed by atoms with Gasteiger partial charge in [-0.3, -0.25) is 0 Å². The zero-order valence-electron chi connectivity index (χ0n) is 15.4. The second-order valence-corrected chi connectivity index (χ2v) is 9.25. The van der Waals surface area contributed by atoms with E-state index >= 15 is 0 Å². The van der Waals surface area contributed by atoms with Crippen LogP contribution in [-0.4, -0.2) is 40.5 Å². The van der Waals surface area contributed by atoms with Gasteiger partial charge < -0.3 is 15.2 Å². The number of benzene rings is 2. The molecule has 2 N–H and O–H groups in total. The molecule has 0 saturated heterocycles. The van der Waals surface area contributed by atoms with Crippen LogP contribution in [0.5, 0.6) is 5.75 Å². The Kier molecular flexibility index (Phi) is 5.82. The van der Waals surface area contributed by atoms with Crippen LogP contribution in [0.15, 0.2) is 53.4 Å². The number of hydrogen-bond donors (Lipinski definition) is 1. The summed E-state index contributed by atoms with van der Waals surface area (Å²) < 4.78 is 37.6. The normalized spacial score (nSPS) is 24.6. The van der Waals surface area contributed by atoms with E-state index in [0.29, 0.717) is 18.2 Å². The van der Waals surface area contributed by atoms with Crippen LogP contribution in [0.2, 0.25) is 5.02 Å². The number of methoxy groups -OCH3 is 1. The molecule has 1 saturated carbocycles. The molecule has 0 aliphatic heterocycles. The Labute approximate surface area is 165 Å². The molecule has 1 fully saturated rings. The maximum atomic E-state index is 13.4. The molecule has 1 aliphatic rings. The Morgan fingerprint density at radius 1 is 1.11 bits per heavy atom. The second kappa shape index (κ2) is 7.80. The Bertz CT molecular complexity index is 883. The van der Waals surface area contributed by atoms with E-state index in [2.05, 4.69) is 0 Å². The van der Waals surface area contributed by atoms with Crippen LogP contribution < -0.4 is 10.5 Å². The van der Waals surface area contributed by atoms with Crippen molar-refractivity contribution >= 4 is 21.4 Å². The lowest BCUT2D eigenvalue weighted by molar-refractivity contribution is 0.101. The molecule has 0 unspecified atom stereocenters. The third-order valence-corrected chi connectivity index (χ3v) is 7.88. The zero-order chi connectivity index (χ0) is 19.7. The third kappa shape index (κ3) is 3.59. The van der Waals surface area contributed by atoms with Gasteiger partial charge in [0.2, 0.25) is 0 Å². The van der Waals surface area contributed by atoms with Gasteiger partial charge in [0, 0.05) is 29.5 Å². The molecule has 3 rings (SSSR count). The Balaban J connectivity index is 2.02. The molecular weight excluding hydrogens is 386 g/mol. The Hall–Kier alpha value is -1.60. The molecule has 3 atom stereocenters. The number of sulfone groups is 1. The first-order chi connectivity index (χ1) is 12.9. The molecular formula is C20H24ClNO4S. The van der Waals surface area contributed by atoms with Crippen LogP contribution in [0.3, 0.4) is 0 Å². The van der Waals surface area contributed by atoms with Crippen molar-refractivity contribution in [3.05, 3.63) is 59.1 Å². The fraction of sp³-hybridized carbons (Fsp3) is 0.400. The highest BCUT2D eigenvalue weighted by Crippen LogP contribution is 2.63. The molecule has 0 aromatic heterocycles. The van der Waals surface area contributed by atoms with Crippen molar-refractivity contribution in [2.45, 2.75) is 23.0 Å². The van der Waals surface area contributed by atoms with E-state index in [0.717, 1.165) is 11.3 Å². The van der Waals surface area contributed by atoms with Crippen molar-refractivity contribution in [3.63, 3.8) is 0 Å². The van der Waals surface area contributed by atoms with E-state index < -0.39 is 20.5 Å². The van der Waals surface area contributed by atoms with Gasteiger partial charge in [0.1, 0.15) is 5.75 Å². The summed E-state index contributed by atoms with van der Waals surface area (Å²) in [6.45, 7) is 2.91. The second-order valence-electron chi connectivity index (χ2n) is 6.74. The van der Waals surface area contributed by atoms with Gasteiger partial charge in [0.05, 0.1) is 23.9 Å². The predicted molar refractivity (Wildman–Crippen MR) is 106 cm³/mol. The predicted octanol–water partition coefficient (Wildman–Crippen LogP) is 3.27. The molecule has 1 aliphatic carbocycles. The first-order valence-electron chi connectivity index (χ1n) is 8.82. The van der Waals surface area contributed by atoms with Gasteiger partial charge in [-0.25, -0.2) is 8.42 Å². The van der Waals surface area contributed by atoms with Gasteiger partial charge in [-0.2, -0.15) is 0 Å². The van der Waals surface area contributed by atoms with Gasteiger partial charge in [-0.1, -0.05) is 23.7 Å². The van der Waals surface area contributed by atoms with Gasteiger partial charge in [-0.05, 0) is 48.9 Å². The van der Waals surface area contributed by atoms with Crippen molar-refractivity contribution < 1.29 is 17.9 Å². The quantitative estimate of drug-likeness (QED) is 0.723. The molecule has 0 amide bonds. The summed E-state index contributed by atoms with van der Waals surface area (Å²) in [5.74, 6) is 0.486. The van der Waals surface area contributed by atoms with Crippen molar-refractivity contribution in [1.29, 1.82) is 0 Å². The fourth-order valence-electron chi connectivity index (χ4n) is 3.80. The number of nitrogens with two attached hydrogens (primary N) is 1. The van der Waals surface area contributed by atoms with Gasteiger partial charge in [-0.15, -0.1) is 0 Å². The highest BCUT2D eigenvalue weighted by atomic mass is 35.5. The lowest BCUT2D eigenvalue weighted by Crippen LogP contribution is -2.29. The molecule has 2 aromatic rings. The summed E-state index contributed by atoms with van der Waals surface area (Å²) in [4.78, 5) is 0.252. The van der Waals surface area contributed by atoms with Gasteiger partial charge >= 0.3 is 0 Å². The smallest absolute Gasteiger partial charge is 0.182 e. The zero-order valence-corrected chi connectivity index (χ0v) is 17.0. The molecule has 0 heterocycles. The Morgan fingerprint density at radius 2 is 1.74 bits per heavy atom. The number of hydrogen-bond acceptors (Lipinski definition) is 5. The molecule has 0 spiro atoms. The first kappa shape index (κ1) is 20.1. The molecule has 2 aromatic carbocycles. The minimum atomic E-state index is -3.60. The summed E-state index contributed by atoms with van der Waals surface area (Å²) in [6, 6.07) is 13.7. The Morgan fingerprint density at radius 3 is 2.26 bits per heavy atom. The van der Waals surface area contributed by atoms with E-state index in [1.54, 1.807) is 31.4 Å². The lowest BCUT2D eigenvalue weighted by Gasteiger charge is -2.16. The third-order valence-electron chi connectivity index (χ3n) is 5.29. The molecule has 27 heavy (non-hydrogen) atoms. The monoisotopic (exact) mass is 409 g/mol. The van der Waals surface area contributed by atoms with Crippen molar-refractivity contribution in [2.75, 3.05) is 26.9 Å². The summed E-state index contributed by atoms with van der Waals surface area (Å²) in [7, 11) is -2.00. The van der Waals surface area contributed by atoms with E-state index in [4.69, 9.17) is 26.8 Å². The number of ether oxygens (including phenoxy) is 2. The van der Waals surface area contributed by atoms with Crippen LogP contribution in [0.1, 0.15) is 18.4 Å². The van der Waals surface area contributed by atoms with E-state index in [-0.39, 0.29) is 17.4 Å². The lowest BCUT2D eigenvalue weighted by atomic mass is 10.00. The molecule has 5 nitrogen and oxygen atoms in total. The average Bonchev–Trinajstić information content (AvgIpc) is 3.37. The number of halogens is 1. The van der Waals surface area contributed by atoms with Crippen LogP contribution in [0, 0.1) is 5.41 Å². The van der Waals surface area contributed by atoms with Crippen molar-refractivity contribution in [1.82, 2.24) is 0 Å². The van der Waals surface area contributed by atoms with Crippen LogP contribution in [0.4, 0.5) is 0 Å². The minimum absolute atomic E-state index is 0.223. The van der Waals surface area contributed by atoms with Crippen LogP contribution in [-0.2, 0) is 14.6 Å². The molecule has 0 radical (unpaired) electrons. The van der Waals surface area contributed by atoms with Crippen LogP contribution in [0.25, 0.3) is 0 Å². The summed E-state index contributed by atoms with van der Waals surface area (Å²) in [6.07, 6.45) is 0. The number of rotatable bonds is 8. The minimum Gasteiger partial charge on any atom is -0.497 e.